The van der Waals surface area contributed by atoms with Gasteiger partial charge in [-0.1, -0.05) is 13.8 Å². The Morgan fingerprint density at radius 3 is 2.05 bits per heavy atom. The number of aryl methyl sites for hydroxylation is 1. The summed E-state index contributed by atoms with van der Waals surface area (Å²) in [6, 6.07) is 14.5. The molecular formula is C31H40N2O7S. The van der Waals surface area contributed by atoms with Crippen molar-refractivity contribution in [2.75, 3.05) is 38.8 Å². The molecule has 1 N–H and O–H groups in total. The van der Waals surface area contributed by atoms with Crippen LogP contribution in [0.5, 0.6) is 23.0 Å². The first kappa shape index (κ1) is 31.6. The fourth-order valence-electron chi connectivity index (χ4n) is 4.60. The van der Waals surface area contributed by atoms with Crippen LogP contribution in [-0.4, -0.2) is 48.8 Å². The number of sulfonamides is 1. The SMILES string of the molecule is CCOc1ccc(N(CC(=O)N[C@@H](C)c2cc(C(C)C)c(OC)cc2C)S(=O)(=O)c2ccc(OC)c(OC)c2)cc1. The Balaban J connectivity index is 1.97. The molecule has 3 rings (SSSR count). The summed E-state index contributed by atoms with van der Waals surface area (Å²) >= 11 is 0. The molecule has 0 aliphatic heterocycles. The first-order valence-electron chi connectivity index (χ1n) is 13.4. The second-order valence-electron chi connectivity index (χ2n) is 9.85. The van der Waals surface area contributed by atoms with Gasteiger partial charge in [0, 0.05) is 6.07 Å². The van der Waals surface area contributed by atoms with Gasteiger partial charge in [-0.25, -0.2) is 8.42 Å². The van der Waals surface area contributed by atoms with Crippen LogP contribution >= 0.6 is 0 Å². The van der Waals surface area contributed by atoms with Crippen LogP contribution in [-0.2, 0) is 14.8 Å². The third kappa shape index (κ3) is 7.24. The number of rotatable bonds is 13. The predicted molar refractivity (Wildman–Crippen MR) is 160 cm³/mol. The molecule has 1 atom stereocenters. The number of nitrogens with one attached hydrogen (secondary N) is 1. The molecule has 3 aromatic rings. The van der Waals surface area contributed by atoms with E-state index >= 15 is 0 Å². The van der Waals surface area contributed by atoms with Crippen LogP contribution in [0.4, 0.5) is 5.69 Å². The highest BCUT2D eigenvalue weighted by molar-refractivity contribution is 7.92. The molecule has 0 unspecified atom stereocenters. The second-order valence-corrected chi connectivity index (χ2v) is 11.7. The van der Waals surface area contributed by atoms with E-state index in [2.05, 4.69) is 19.2 Å². The van der Waals surface area contributed by atoms with Gasteiger partial charge in [-0.15, -0.1) is 0 Å². The molecular weight excluding hydrogens is 544 g/mol. The van der Waals surface area contributed by atoms with Crippen molar-refractivity contribution in [2.24, 2.45) is 0 Å². The van der Waals surface area contributed by atoms with E-state index in [1.807, 2.05) is 32.9 Å². The number of hydrogen-bond donors (Lipinski definition) is 1. The highest BCUT2D eigenvalue weighted by Crippen LogP contribution is 2.34. The number of amides is 1. The number of nitrogens with zero attached hydrogens (tertiary/aromatic N) is 1. The van der Waals surface area contributed by atoms with Crippen molar-refractivity contribution in [3.63, 3.8) is 0 Å². The van der Waals surface area contributed by atoms with E-state index in [0.29, 0.717) is 23.8 Å². The molecule has 9 nitrogen and oxygen atoms in total. The maximum atomic E-state index is 14.0. The number of ether oxygens (including phenoxy) is 4. The number of methoxy groups -OCH3 is 3. The molecule has 222 valence electrons. The number of hydrogen-bond acceptors (Lipinski definition) is 7. The molecule has 0 bridgehead atoms. The summed E-state index contributed by atoms with van der Waals surface area (Å²) in [6.45, 7) is 9.88. The average molecular weight is 585 g/mol. The molecule has 41 heavy (non-hydrogen) atoms. The van der Waals surface area contributed by atoms with E-state index in [-0.39, 0.29) is 22.6 Å². The molecule has 10 heteroatoms. The summed E-state index contributed by atoms with van der Waals surface area (Å²) in [4.78, 5) is 13.4. The topological polar surface area (TPSA) is 103 Å². The average Bonchev–Trinajstić information content (AvgIpc) is 2.95. The Morgan fingerprint density at radius 2 is 1.49 bits per heavy atom. The van der Waals surface area contributed by atoms with Gasteiger partial charge in [-0.2, -0.15) is 0 Å². The maximum absolute atomic E-state index is 14.0. The largest absolute Gasteiger partial charge is 0.496 e. The Labute approximate surface area is 243 Å². The van der Waals surface area contributed by atoms with Gasteiger partial charge in [-0.05, 0) is 91.9 Å². The molecule has 0 fully saturated rings. The molecule has 0 aromatic heterocycles. The van der Waals surface area contributed by atoms with Crippen molar-refractivity contribution >= 4 is 21.6 Å². The lowest BCUT2D eigenvalue weighted by Crippen LogP contribution is -2.41. The molecule has 0 aliphatic rings. The number of benzene rings is 3. The fraction of sp³-hybridized carbons (Fsp3) is 0.387. The van der Waals surface area contributed by atoms with Crippen molar-refractivity contribution in [1.82, 2.24) is 5.32 Å². The van der Waals surface area contributed by atoms with Gasteiger partial charge in [0.2, 0.25) is 5.91 Å². The van der Waals surface area contributed by atoms with Crippen molar-refractivity contribution in [2.45, 2.75) is 51.5 Å². The zero-order chi connectivity index (χ0) is 30.3. The van der Waals surface area contributed by atoms with Crippen LogP contribution in [0.15, 0.2) is 59.5 Å². The minimum Gasteiger partial charge on any atom is -0.496 e. The Kier molecular flexibility index (Phi) is 10.5. The zero-order valence-electron chi connectivity index (χ0n) is 25.0. The van der Waals surface area contributed by atoms with Gasteiger partial charge in [0.1, 0.15) is 18.0 Å². The van der Waals surface area contributed by atoms with Crippen LogP contribution in [0.1, 0.15) is 56.3 Å². The van der Waals surface area contributed by atoms with Gasteiger partial charge in [0.25, 0.3) is 10.0 Å². The van der Waals surface area contributed by atoms with E-state index in [0.717, 1.165) is 26.7 Å². The molecule has 3 aromatic carbocycles. The van der Waals surface area contributed by atoms with Gasteiger partial charge in [0.05, 0.1) is 44.6 Å². The third-order valence-electron chi connectivity index (χ3n) is 6.75. The lowest BCUT2D eigenvalue weighted by Gasteiger charge is -2.26. The van der Waals surface area contributed by atoms with Crippen molar-refractivity contribution in [1.29, 1.82) is 0 Å². The first-order chi connectivity index (χ1) is 19.5. The summed E-state index contributed by atoms with van der Waals surface area (Å²) in [6.07, 6.45) is 0. The van der Waals surface area contributed by atoms with Crippen LogP contribution in [0.25, 0.3) is 0 Å². The van der Waals surface area contributed by atoms with E-state index in [1.54, 1.807) is 31.4 Å². The number of anilines is 1. The number of carbonyl (C=O) groups is 1. The Morgan fingerprint density at radius 1 is 0.854 bits per heavy atom. The van der Waals surface area contributed by atoms with Crippen LogP contribution in [0.2, 0.25) is 0 Å². The minimum atomic E-state index is -4.19. The minimum absolute atomic E-state index is 0.0440. The zero-order valence-corrected chi connectivity index (χ0v) is 25.8. The van der Waals surface area contributed by atoms with Crippen molar-refractivity contribution < 1.29 is 32.2 Å². The second kappa shape index (κ2) is 13.6. The van der Waals surface area contributed by atoms with Crippen molar-refractivity contribution in [3.8, 4) is 23.0 Å². The summed E-state index contributed by atoms with van der Waals surface area (Å²) in [5.41, 5.74) is 3.23. The Hall–Kier alpha value is -3.92. The molecule has 0 spiro atoms. The molecule has 1 amide bonds. The highest BCUT2D eigenvalue weighted by atomic mass is 32.2. The molecule has 0 radical (unpaired) electrons. The van der Waals surface area contributed by atoms with Gasteiger partial charge < -0.3 is 24.3 Å². The maximum Gasteiger partial charge on any atom is 0.264 e. The fourth-order valence-corrected chi connectivity index (χ4v) is 6.04. The molecule has 0 saturated carbocycles. The summed E-state index contributed by atoms with van der Waals surface area (Å²) in [5.74, 6) is 1.79. The summed E-state index contributed by atoms with van der Waals surface area (Å²) < 4.78 is 50.6. The molecule has 0 heterocycles. The van der Waals surface area contributed by atoms with E-state index in [9.17, 15) is 13.2 Å². The lowest BCUT2D eigenvalue weighted by molar-refractivity contribution is -0.120. The van der Waals surface area contributed by atoms with E-state index < -0.39 is 22.5 Å². The highest BCUT2D eigenvalue weighted by Gasteiger charge is 2.29. The third-order valence-corrected chi connectivity index (χ3v) is 8.52. The van der Waals surface area contributed by atoms with Gasteiger partial charge in [-0.3, -0.25) is 9.10 Å². The molecule has 0 saturated heterocycles. The summed E-state index contributed by atoms with van der Waals surface area (Å²) in [7, 11) is 0.351. The van der Waals surface area contributed by atoms with Crippen molar-refractivity contribution in [3.05, 3.63) is 71.3 Å². The standard InChI is InChI=1S/C31H40N2O7S/c1-9-40-24-12-10-23(11-13-24)33(41(35,36)25-14-15-28(37-6)30(17-25)39-8)19-31(34)32-22(5)27-18-26(20(2)3)29(38-7)16-21(27)4/h10-18,20,22H,9,19H2,1-8H3,(H,32,34)/t22-/m0/s1. The predicted octanol–water partition coefficient (Wildman–Crippen LogP) is 5.62. The van der Waals surface area contributed by atoms with E-state index in [4.69, 9.17) is 18.9 Å². The van der Waals surface area contributed by atoms with Gasteiger partial charge in [0.15, 0.2) is 11.5 Å². The van der Waals surface area contributed by atoms with Crippen LogP contribution in [0.3, 0.4) is 0 Å². The lowest BCUT2D eigenvalue weighted by atomic mass is 9.93. The van der Waals surface area contributed by atoms with E-state index in [1.165, 1.54) is 32.4 Å². The van der Waals surface area contributed by atoms with Crippen LogP contribution < -0.4 is 28.6 Å². The first-order valence-corrected chi connectivity index (χ1v) is 14.9. The monoisotopic (exact) mass is 584 g/mol. The summed E-state index contributed by atoms with van der Waals surface area (Å²) in [5, 5.41) is 2.98. The normalized spacial score (nSPS) is 12.0. The quantitative estimate of drug-likeness (QED) is 0.278. The van der Waals surface area contributed by atoms with Crippen LogP contribution in [0, 0.1) is 6.92 Å². The Bertz CT molecular complexity index is 1450. The van der Waals surface area contributed by atoms with Gasteiger partial charge >= 0.3 is 0 Å². The molecule has 0 aliphatic carbocycles. The number of carbonyl (C=O) groups excluding carboxylic acids is 1. The smallest absolute Gasteiger partial charge is 0.264 e.